The summed E-state index contributed by atoms with van der Waals surface area (Å²) >= 11 is 0. The SMILES string of the molecule is Cc1cc(-c2ccc([Si](C)(C)C)cc2)cc(-c2cc(C)cc(-c3nc(-c4ccccc4)nc(-c4ccccc4)n3)c2)c1. The van der Waals surface area contributed by atoms with Gasteiger partial charge in [-0.05, 0) is 65.4 Å². The predicted octanol–water partition coefficient (Wildman–Crippen LogP) is 9.37. The monoisotopic (exact) mass is 561 g/mol. The van der Waals surface area contributed by atoms with Crippen LogP contribution in [0.3, 0.4) is 0 Å². The highest BCUT2D eigenvalue weighted by Gasteiger charge is 2.17. The first-order valence-corrected chi connectivity index (χ1v) is 17.9. The molecule has 0 unspecified atom stereocenters. The lowest BCUT2D eigenvalue weighted by Crippen LogP contribution is -2.37. The molecule has 1 heterocycles. The van der Waals surface area contributed by atoms with Crippen molar-refractivity contribution in [2.45, 2.75) is 33.5 Å². The summed E-state index contributed by atoms with van der Waals surface area (Å²) in [6, 6.07) is 42.8. The van der Waals surface area contributed by atoms with Crippen molar-refractivity contribution in [3.05, 3.63) is 132 Å². The fourth-order valence-electron chi connectivity index (χ4n) is 5.30. The molecule has 0 atom stereocenters. The molecule has 0 saturated heterocycles. The van der Waals surface area contributed by atoms with Gasteiger partial charge in [0, 0.05) is 16.7 Å². The molecule has 6 aromatic rings. The molecule has 0 fully saturated rings. The highest BCUT2D eigenvalue weighted by atomic mass is 28.3. The minimum atomic E-state index is -1.34. The molecule has 0 amide bonds. The molecule has 0 aliphatic heterocycles. The summed E-state index contributed by atoms with van der Waals surface area (Å²) < 4.78 is 0. The Morgan fingerprint density at radius 2 is 0.762 bits per heavy atom. The van der Waals surface area contributed by atoms with Gasteiger partial charge in [-0.1, -0.05) is 128 Å². The molecule has 0 saturated carbocycles. The third kappa shape index (κ3) is 6.00. The fourth-order valence-corrected chi connectivity index (χ4v) is 6.46. The molecule has 3 nitrogen and oxygen atoms in total. The molecule has 0 bridgehead atoms. The average Bonchev–Trinajstić information content (AvgIpc) is 3.01. The van der Waals surface area contributed by atoms with Gasteiger partial charge in [0.05, 0.1) is 8.07 Å². The second kappa shape index (κ2) is 11.3. The van der Waals surface area contributed by atoms with Crippen molar-refractivity contribution in [3.8, 4) is 56.4 Å². The van der Waals surface area contributed by atoms with Crippen LogP contribution in [0.1, 0.15) is 11.1 Å². The van der Waals surface area contributed by atoms with Crippen molar-refractivity contribution in [2.75, 3.05) is 0 Å². The van der Waals surface area contributed by atoms with E-state index in [1.807, 2.05) is 60.7 Å². The normalized spacial score (nSPS) is 11.5. The zero-order chi connectivity index (χ0) is 29.3. The summed E-state index contributed by atoms with van der Waals surface area (Å²) in [5.74, 6) is 2.01. The maximum atomic E-state index is 4.97. The molecule has 0 radical (unpaired) electrons. The van der Waals surface area contributed by atoms with Crippen LogP contribution >= 0.6 is 0 Å². The third-order valence-corrected chi connectivity index (χ3v) is 9.60. The summed E-state index contributed by atoms with van der Waals surface area (Å²) in [5, 5.41) is 1.48. The molecule has 0 N–H and O–H groups in total. The van der Waals surface area contributed by atoms with Crippen molar-refractivity contribution in [1.82, 2.24) is 15.0 Å². The van der Waals surface area contributed by atoms with Gasteiger partial charge in [0.15, 0.2) is 17.5 Å². The van der Waals surface area contributed by atoms with E-state index >= 15 is 0 Å². The third-order valence-electron chi connectivity index (χ3n) is 7.53. The van der Waals surface area contributed by atoms with E-state index in [4.69, 9.17) is 15.0 Å². The first-order chi connectivity index (χ1) is 20.2. The molecule has 42 heavy (non-hydrogen) atoms. The number of hydrogen-bond acceptors (Lipinski definition) is 3. The largest absolute Gasteiger partial charge is 0.208 e. The van der Waals surface area contributed by atoms with Gasteiger partial charge in [0.1, 0.15) is 0 Å². The molecule has 1 aromatic heterocycles. The number of aromatic nitrogens is 3. The topological polar surface area (TPSA) is 38.7 Å². The molecule has 4 heteroatoms. The Bertz CT molecular complexity index is 1800. The second-order valence-corrected chi connectivity index (χ2v) is 17.1. The lowest BCUT2D eigenvalue weighted by molar-refractivity contribution is 1.07. The number of aryl methyl sites for hydroxylation is 2. The summed E-state index contributed by atoms with van der Waals surface area (Å²) in [6.45, 7) is 11.5. The molecule has 206 valence electrons. The first kappa shape index (κ1) is 27.5. The Labute approximate surface area is 250 Å². The maximum Gasteiger partial charge on any atom is 0.164 e. The summed E-state index contributed by atoms with van der Waals surface area (Å²) in [5.41, 5.74) is 10.1. The minimum Gasteiger partial charge on any atom is -0.208 e. The van der Waals surface area contributed by atoms with Gasteiger partial charge < -0.3 is 0 Å². The van der Waals surface area contributed by atoms with E-state index in [0.29, 0.717) is 17.5 Å². The molecule has 0 spiro atoms. The van der Waals surface area contributed by atoms with Crippen LogP contribution in [0.25, 0.3) is 56.4 Å². The number of benzene rings is 5. The molecule has 0 aliphatic rings. The van der Waals surface area contributed by atoms with E-state index in [1.165, 1.54) is 27.4 Å². The van der Waals surface area contributed by atoms with E-state index in [-0.39, 0.29) is 0 Å². The predicted molar refractivity (Wildman–Crippen MR) is 179 cm³/mol. The van der Waals surface area contributed by atoms with Gasteiger partial charge in [-0.2, -0.15) is 0 Å². The summed E-state index contributed by atoms with van der Waals surface area (Å²) in [4.78, 5) is 14.8. The first-order valence-electron chi connectivity index (χ1n) is 14.4. The fraction of sp³-hybridized carbons (Fsp3) is 0.132. The smallest absolute Gasteiger partial charge is 0.164 e. The molecule has 5 aromatic carbocycles. The van der Waals surface area contributed by atoms with Gasteiger partial charge in [0.25, 0.3) is 0 Å². The van der Waals surface area contributed by atoms with Gasteiger partial charge in [-0.15, -0.1) is 0 Å². The quantitative estimate of drug-likeness (QED) is 0.190. The highest BCUT2D eigenvalue weighted by Crippen LogP contribution is 2.32. The van der Waals surface area contributed by atoms with E-state index < -0.39 is 8.07 Å². The lowest BCUT2D eigenvalue weighted by atomic mass is 9.94. The Kier molecular flexibility index (Phi) is 7.40. The van der Waals surface area contributed by atoms with Crippen LogP contribution in [0, 0.1) is 13.8 Å². The second-order valence-electron chi connectivity index (χ2n) is 12.0. The summed E-state index contributed by atoms with van der Waals surface area (Å²) in [6.07, 6.45) is 0. The van der Waals surface area contributed by atoms with Crippen molar-refractivity contribution in [3.63, 3.8) is 0 Å². The molecular weight excluding hydrogens is 527 g/mol. The average molecular weight is 562 g/mol. The molecular formula is C38H35N3Si. The van der Waals surface area contributed by atoms with E-state index in [0.717, 1.165) is 27.8 Å². The van der Waals surface area contributed by atoms with Crippen molar-refractivity contribution in [2.24, 2.45) is 0 Å². The molecule has 0 aliphatic carbocycles. The van der Waals surface area contributed by atoms with Crippen LogP contribution in [0.15, 0.2) is 121 Å². The highest BCUT2D eigenvalue weighted by molar-refractivity contribution is 6.88. The van der Waals surface area contributed by atoms with Gasteiger partial charge in [-0.25, -0.2) is 15.0 Å². The van der Waals surface area contributed by atoms with Crippen LogP contribution < -0.4 is 5.19 Å². The number of hydrogen-bond donors (Lipinski definition) is 0. The van der Waals surface area contributed by atoms with Crippen LogP contribution in [0.4, 0.5) is 0 Å². The van der Waals surface area contributed by atoms with E-state index in [1.54, 1.807) is 0 Å². The maximum absolute atomic E-state index is 4.97. The van der Waals surface area contributed by atoms with Crippen molar-refractivity contribution < 1.29 is 0 Å². The lowest BCUT2D eigenvalue weighted by Gasteiger charge is -2.17. The van der Waals surface area contributed by atoms with Crippen LogP contribution in [-0.4, -0.2) is 23.0 Å². The molecule has 6 rings (SSSR count). The minimum absolute atomic E-state index is 0.669. The van der Waals surface area contributed by atoms with Crippen molar-refractivity contribution in [1.29, 1.82) is 0 Å². The van der Waals surface area contributed by atoms with Crippen LogP contribution in [0.5, 0.6) is 0 Å². The van der Waals surface area contributed by atoms with Gasteiger partial charge in [0.2, 0.25) is 0 Å². The van der Waals surface area contributed by atoms with E-state index in [2.05, 4.69) is 94.2 Å². The Morgan fingerprint density at radius 1 is 0.381 bits per heavy atom. The number of rotatable bonds is 6. The van der Waals surface area contributed by atoms with Crippen LogP contribution in [0.2, 0.25) is 19.6 Å². The summed E-state index contributed by atoms with van der Waals surface area (Å²) in [7, 11) is -1.34. The Hall–Kier alpha value is -4.67. The van der Waals surface area contributed by atoms with E-state index in [9.17, 15) is 0 Å². The van der Waals surface area contributed by atoms with Gasteiger partial charge in [-0.3, -0.25) is 0 Å². The zero-order valence-electron chi connectivity index (χ0n) is 24.9. The number of nitrogens with zero attached hydrogens (tertiary/aromatic N) is 3. The standard InChI is InChI=1S/C38H35N3Si/c1-26-20-31(28-16-18-35(19-17-28)42(3,4)5)24-32(21-26)33-22-27(2)23-34(25-33)38-40-36(29-12-8-6-9-13-29)39-37(41-38)30-14-10-7-11-15-30/h6-25H,1-5H3. The zero-order valence-corrected chi connectivity index (χ0v) is 25.9. The van der Waals surface area contributed by atoms with Gasteiger partial charge >= 0.3 is 0 Å². The van der Waals surface area contributed by atoms with Crippen LogP contribution in [-0.2, 0) is 0 Å². The Morgan fingerprint density at radius 3 is 1.21 bits per heavy atom. The Balaban J connectivity index is 1.45. The van der Waals surface area contributed by atoms with Crippen molar-refractivity contribution >= 4 is 13.3 Å².